The van der Waals surface area contributed by atoms with Crippen molar-refractivity contribution in [3.05, 3.63) is 89.0 Å². The maximum Gasteiger partial charge on any atom is 0.418 e. The number of halogens is 3. The summed E-state index contributed by atoms with van der Waals surface area (Å²) in [7, 11) is 0. The molecule has 0 saturated heterocycles. The summed E-state index contributed by atoms with van der Waals surface area (Å²) in [5.74, 6) is -0.510. The number of alkyl halides is 3. The molecule has 0 aromatic heterocycles. The van der Waals surface area contributed by atoms with Crippen molar-refractivity contribution in [2.45, 2.75) is 38.3 Å². The number of rotatable bonds is 5. The molecule has 0 fully saturated rings. The molecule has 8 heteroatoms. The van der Waals surface area contributed by atoms with Crippen LogP contribution < -0.4 is 16.0 Å². The number of thiocarbonyl (C=S) groups is 1. The molecule has 0 saturated carbocycles. The highest BCUT2D eigenvalue weighted by Gasteiger charge is 2.34. The van der Waals surface area contributed by atoms with E-state index < -0.39 is 17.6 Å². The fourth-order valence-electron chi connectivity index (χ4n) is 4.40. The van der Waals surface area contributed by atoms with Gasteiger partial charge in [0.25, 0.3) is 0 Å². The Balaban J connectivity index is 1.84. The van der Waals surface area contributed by atoms with Crippen molar-refractivity contribution in [3.63, 3.8) is 0 Å². The third kappa shape index (κ3) is 5.07. The van der Waals surface area contributed by atoms with Crippen molar-refractivity contribution < 1.29 is 18.0 Å². The van der Waals surface area contributed by atoms with E-state index in [-0.39, 0.29) is 17.2 Å². The van der Waals surface area contributed by atoms with Gasteiger partial charge in [-0.25, -0.2) is 0 Å². The van der Waals surface area contributed by atoms with Crippen LogP contribution >= 0.6 is 12.2 Å². The molecule has 1 amide bonds. The summed E-state index contributed by atoms with van der Waals surface area (Å²) < 4.78 is 40.9. The summed E-state index contributed by atoms with van der Waals surface area (Å²) in [6, 6.07) is 18.3. The van der Waals surface area contributed by atoms with Crippen LogP contribution in [0.1, 0.15) is 35.1 Å². The molecular weight excluding hydrogens is 459 g/mol. The molecule has 3 N–H and O–H groups in total. The zero-order chi connectivity index (χ0) is 24.3. The van der Waals surface area contributed by atoms with Crippen LogP contribution in [-0.4, -0.2) is 11.0 Å². The van der Waals surface area contributed by atoms with Crippen LogP contribution in [0.25, 0.3) is 0 Å². The Hall–Kier alpha value is -3.39. The smallest absolute Gasteiger partial charge is 0.369 e. The molecule has 4 nitrogen and oxygen atoms in total. The normalized spacial score (nSPS) is 13.1. The van der Waals surface area contributed by atoms with Gasteiger partial charge in [-0.2, -0.15) is 13.2 Å². The molecule has 0 spiro atoms. The van der Waals surface area contributed by atoms with Gasteiger partial charge in [0.05, 0.1) is 29.0 Å². The number of amides is 1. The molecule has 3 aromatic carbocycles. The number of fused-ring (bicyclic) bond motifs is 1. The SMILES string of the molecule is NC(=O)Cc1ccccc1N(C(=S)Nc1ccccc1C(F)(F)F)c1cccc2c1CCCC2. The fraction of sp³-hybridized carbons (Fsp3) is 0.231. The van der Waals surface area contributed by atoms with E-state index in [4.69, 9.17) is 18.0 Å². The third-order valence-electron chi connectivity index (χ3n) is 5.89. The minimum atomic E-state index is -4.54. The molecule has 1 aliphatic carbocycles. The molecular formula is C26H24F3N3OS. The van der Waals surface area contributed by atoms with Gasteiger partial charge in [0.2, 0.25) is 5.91 Å². The van der Waals surface area contributed by atoms with E-state index in [1.807, 2.05) is 12.1 Å². The topological polar surface area (TPSA) is 58.4 Å². The maximum absolute atomic E-state index is 13.6. The Morgan fingerprint density at radius 1 is 0.941 bits per heavy atom. The number of hydrogen-bond donors (Lipinski definition) is 2. The Bertz CT molecular complexity index is 1230. The summed E-state index contributed by atoms with van der Waals surface area (Å²) in [5.41, 5.74) is 8.86. The second-order valence-corrected chi connectivity index (χ2v) is 8.59. The number of hydrogen-bond acceptors (Lipinski definition) is 2. The summed E-state index contributed by atoms with van der Waals surface area (Å²) in [6.45, 7) is 0. The number of nitrogens with zero attached hydrogens (tertiary/aromatic N) is 1. The molecule has 0 atom stereocenters. The monoisotopic (exact) mass is 483 g/mol. The third-order valence-corrected chi connectivity index (χ3v) is 6.17. The van der Waals surface area contributed by atoms with E-state index in [2.05, 4.69) is 11.4 Å². The average Bonchev–Trinajstić information content (AvgIpc) is 2.80. The molecule has 176 valence electrons. The van der Waals surface area contributed by atoms with Gasteiger partial charge in [0.15, 0.2) is 5.11 Å². The van der Waals surface area contributed by atoms with E-state index in [1.165, 1.54) is 23.8 Å². The number of nitrogens with two attached hydrogens (primary N) is 1. The number of para-hydroxylation sites is 2. The van der Waals surface area contributed by atoms with Gasteiger partial charge in [-0.1, -0.05) is 42.5 Å². The van der Waals surface area contributed by atoms with Crippen LogP contribution in [0.4, 0.5) is 30.2 Å². The first kappa shape index (κ1) is 23.8. The quantitative estimate of drug-likeness (QED) is 0.428. The van der Waals surface area contributed by atoms with Crippen LogP contribution in [0.5, 0.6) is 0 Å². The first-order valence-corrected chi connectivity index (χ1v) is 11.4. The van der Waals surface area contributed by atoms with E-state index in [0.29, 0.717) is 11.3 Å². The zero-order valence-corrected chi connectivity index (χ0v) is 19.2. The highest BCUT2D eigenvalue weighted by molar-refractivity contribution is 7.80. The van der Waals surface area contributed by atoms with Crippen LogP contribution in [0.3, 0.4) is 0 Å². The lowest BCUT2D eigenvalue weighted by Crippen LogP contribution is -2.33. The zero-order valence-electron chi connectivity index (χ0n) is 18.4. The number of anilines is 3. The molecule has 4 rings (SSSR count). The van der Waals surface area contributed by atoms with Crippen molar-refractivity contribution in [2.75, 3.05) is 10.2 Å². The van der Waals surface area contributed by atoms with Gasteiger partial charge in [0, 0.05) is 0 Å². The number of carbonyl (C=O) groups excluding carboxylic acids is 1. The molecule has 3 aromatic rings. The summed E-state index contributed by atoms with van der Waals surface area (Å²) in [6.07, 6.45) is -0.712. The van der Waals surface area contributed by atoms with Gasteiger partial charge >= 0.3 is 6.18 Å². The summed E-state index contributed by atoms with van der Waals surface area (Å²) in [5, 5.41) is 2.90. The molecule has 34 heavy (non-hydrogen) atoms. The Kier molecular flexibility index (Phi) is 6.88. The average molecular weight is 484 g/mol. The number of primary amides is 1. The standard InChI is InChI=1S/C26H24F3N3OS/c27-26(28,29)20-12-4-5-13-21(20)31-25(34)32(22-14-6-2-9-18(22)16-24(30)33)23-15-7-10-17-8-1-3-11-19(17)23/h2,4-7,9-10,12-15H,1,3,8,11,16H2,(H2,30,33)(H,31,34). The minimum Gasteiger partial charge on any atom is -0.369 e. The highest BCUT2D eigenvalue weighted by atomic mass is 32.1. The summed E-state index contributed by atoms with van der Waals surface area (Å²) >= 11 is 5.71. The van der Waals surface area contributed by atoms with Gasteiger partial charge in [0.1, 0.15) is 0 Å². The second kappa shape index (κ2) is 9.85. The number of nitrogens with one attached hydrogen (secondary N) is 1. The van der Waals surface area contributed by atoms with Gasteiger partial charge < -0.3 is 11.1 Å². The van der Waals surface area contributed by atoms with Crippen LogP contribution in [0.2, 0.25) is 0 Å². The second-order valence-electron chi connectivity index (χ2n) is 8.20. The van der Waals surface area contributed by atoms with Crippen LogP contribution in [-0.2, 0) is 30.2 Å². The Labute approximate surface area is 201 Å². The van der Waals surface area contributed by atoms with Crippen molar-refractivity contribution in [2.24, 2.45) is 5.73 Å². The van der Waals surface area contributed by atoms with Gasteiger partial charge in [-0.05, 0) is 78.9 Å². The molecule has 0 aliphatic heterocycles. The van der Waals surface area contributed by atoms with Gasteiger partial charge in [-0.15, -0.1) is 0 Å². The molecule has 0 unspecified atom stereocenters. The lowest BCUT2D eigenvalue weighted by molar-refractivity contribution is -0.136. The van der Waals surface area contributed by atoms with E-state index in [9.17, 15) is 18.0 Å². The van der Waals surface area contributed by atoms with Crippen LogP contribution in [0.15, 0.2) is 66.7 Å². The predicted molar refractivity (Wildman–Crippen MR) is 132 cm³/mol. The minimum absolute atomic E-state index is 0.0244. The Morgan fingerprint density at radius 2 is 1.62 bits per heavy atom. The van der Waals surface area contributed by atoms with Crippen molar-refractivity contribution in [1.82, 2.24) is 0 Å². The molecule has 0 bridgehead atoms. The van der Waals surface area contributed by atoms with E-state index >= 15 is 0 Å². The van der Waals surface area contributed by atoms with E-state index in [0.717, 1.165) is 43.0 Å². The number of benzene rings is 3. The first-order chi connectivity index (χ1) is 16.3. The molecule has 0 radical (unpaired) electrons. The lowest BCUT2D eigenvalue weighted by Gasteiger charge is -2.32. The Morgan fingerprint density at radius 3 is 2.38 bits per heavy atom. The predicted octanol–water partition coefficient (Wildman–Crippen LogP) is 6.15. The largest absolute Gasteiger partial charge is 0.418 e. The lowest BCUT2D eigenvalue weighted by atomic mass is 9.90. The maximum atomic E-state index is 13.6. The van der Waals surface area contributed by atoms with Gasteiger partial charge in [-0.3, -0.25) is 9.69 Å². The summed E-state index contributed by atoms with van der Waals surface area (Å²) in [4.78, 5) is 13.5. The fourth-order valence-corrected chi connectivity index (χ4v) is 4.70. The van der Waals surface area contributed by atoms with Crippen molar-refractivity contribution in [3.8, 4) is 0 Å². The van der Waals surface area contributed by atoms with E-state index in [1.54, 1.807) is 29.2 Å². The van der Waals surface area contributed by atoms with Crippen molar-refractivity contribution in [1.29, 1.82) is 0 Å². The molecule has 0 heterocycles. The number of carbonyl (C=O) groups is 1. The first-order valence-electron chi connectivity index (χ1n) is 11.0. The molecule has 1 aliphatic rings. The van der Waals surface area contributed by atoms with Crippen LogP contribution in [0, 0.1) is 0 Å². The number of aryl methyl sites for hydroxylation is 1. The van der Waals surface area contributed by atoms with Crippen molar-refractivity contribution >= 4 is 40.3 Å². The highest BCUT2D eigenvalue weighted by Crippen LogP contribution is 2.38.